The van der Waals surface area contributed by atoms with E-state index in [2.05, 4.69) is 55.2 Å². The number of unbranched alkanes of at least 4 members (excludes halogenated alkanes) is 20. The van der Waals surface area contributed by atoms with E-state index in [0.717, 1.165) is 38.8 Å². The number of carbonyl (C=O) groups excluding carboxylic acids is 1. The molecule has 1 unspecified atom stereocenters. The lowest BCUT2D eigenvalue weighted by molar-refractivity contribution is -0.0309. The van der Waals surface area contributed by atoms with Crippen LogP contribution < -0.4 is 0 Å². The van der Waals surface area contributed by atoms with E-state index in [1.165, 1.54) is 141 Å². The van der Waals surface area contributed by atoms with Gasteiger partial charge < -0.3 is 24.0 Å². The number of ether oxygens (including phenoxy) is 3. The molecule has 0 saturated heterocycles. The third-order valence-electron chi connectivity index (χ3n) is 9.32. The van der Waals surface area contributed by atoms with E-state index in [1.54, 1.807) is 11.9 Å². The van der Waals surface area contributed by atoms with Crippen molar-refractivity contribution in [3.63, 3.8) is 0 Å². The van der Waals surface area contributed by atoms with Crippen LogP contribution in [0.4, 0.5) is 4.79 Å². The Morgan fingerprint density at radius 2 is 0.980 bits per heavy atom. The second-order valence-electron chi connectivity index (χ2n) is 14.9. The fourth-order valence-electron chi connectivity index (χ4n) is 6.01. The normalized spacial score (nSPS) is 12.7. The molecule has 0 radical (unpaired) electrons. The first-order valence-corrected chi connectivity index (χ1v) is 21.7. The van der Waals surface area contributed by atoms with Crippen molar-refractivity contribution in [2.45, 2.75) is 187 Å². The summed E-state index contributed by atoms with van der Waals surface area (Å²) in [4.78, 5) is 16.3. The molecule has 0 N–H and O–H groups in total. The third-order valence-corrected chi connectivity index (χ3v) is 9.32. The molecule has 6 heteroatoms. The Morgan fingerprint density at radius 3 is 1.53 bits per heavy atom. The number of allylic oxidation sites excluding steroid dienone is 6. The first-order chi connectivity index (χ1) is 25.0. The molecule has 0 aliphatic rings. The number of amides is 1. The molecule has 6 nitrogen and oxygen atoms in total. The molecule has 0 fully saturated rings. The van der Waals surface area contributed by atoms with Crippen molar-refractivity contribution in [1.82, 2.24) is 9.80 Å². The zero-order chi connectivity index (χ0) is 37.3. The van der Waals surface area contributed by atoms with Crippen LogP contribution in [0, 0.1) is 0 Å². The summed E-state index contributed by atoms with van der Waals surface area (Å²) in [6.45, 7) is 8.34. The van der Waals surface area contributed by atoms with Gasteiger partial charge >= 0.3 is 6.09 Å². The van der Waals surface area contributed by atoms with Crippen LogP contribution >= 0.6 is 0 Å². The Labute approximate surface area is 318 Å². The van der Waals surface area contributed by atoms with E-state index in [1.807, 2.05) is 14.1 Å². The Bertz CT molecular complexity index is 797. The number of carbonyl (C=O) groups is 1. The highest BCUT2D eigenvalue weighted by Gasteiger charge is 2.18. The maximum atomic E-state index is 12.6. The highest BCUT2D eigenvalue weighted by Crippen LogP contribution is 2.12. The molecule has 1 atom stereocenters. The van der Waals surface area contributed by atoms with Crippen LogP contribution in [-0.2, 0) is 14.2 Å². The van der Waals surface area contributed by atoms with Gasteiger partial charge in [0.2, 0.25) is 0 Å². The monoisotopic (exact) mass is 719 g/mol. The predicted molar refractivity (Wildman–Crippen MR) is 222 cm³/mol. The van der Waals surface area contributed by atoms with Gasteiger partial charge in [-0.25, -0.2) is 4.79 Å². The summed E-state index contributed by atoms with van der Waals surface area (Å²) < 4.78 is 17.8. The molecule has 0 aromatic carbocycles. The Balaban J connectivity index is 4.15. The summed E-state index contributed by atoms with van der Waals surface area (Å²) in [6.07, 6.45) is 46.2. The Kier molecular flexibility index (Phi) is 39.8. The fourth-order valence-corrected chi connectivity index (χ4v) is 6.01. The summed E-state index contributed by atoms with van der Waals surface area (Å²) in [7, 11) is 5.86. The molecule has 0 aliphatic carbocycles. The van der Waals surface area contributed by atoms with Crippen molar-refractivity contribution >= 4 is 6.09 Å². The summed E-state index contributed by atoms with van der Waals surface area (Å²) in [5.41, 5.74) is 0. The molecule has 0 spiro atoms. The Hall–Kier alpha value is -1.63. The summed E-state index contributed by atoms with van der Waals surface area (Å²) >= 11 is 0. The maximum absolute atomic E-state index is 12.6. The van der Waals surface area contributed by atoms with E-state index in [0.29, 0.717) is 26.4 Å². The molecule has 1 amide bonds. The quantitative estimate of drug-likeness (QED) is 0.0468. The standard InChI is InChI=1S/C45H86N2O4/c1-6-8-10-12-14-16-18-20-22-24-26-28-30-32-34-36-40-50-44(42-47(5)45(48)51-41-37-38-46(3)4)43-49-39-35-33-31-29-27-25-23-21-19-17-15-13-11-9-7-2/h15,17,20-23,44H,6-14,16,18-19,24-43H2,1-5H3/b17-15-,22-20-,23-21+. The van der Waals surface area contributed by atoms with E-state index in [9.17, 15) is 4.79 Å². The highest BCUT2D eigenvalue weighted by atomic mass is 16.6. The second-order valence-corrected chi connectivity index (χ2v) is 14.9. The summed E-state index contributed by atoms with van der Waals surface area (Å²) in [5.74, 6) is 0. The minimum absolute atomic E-state index is 0.134. The predicted octanol–water partition coefficient (Wildman–Crippen LogP) is 12.9. The molecule has 51 heavy (non-hydrogen) atoms. The number of hydrogen-bond acceptors (Lipinski definition) is 5. The third kappa shape index (κ3) is 39.4. The topological polar surface area (TPSA) is 51.2 Å². The van der Waals surface area contributed by atoms with E-state index in [4.69, 9.17) is 14.2 Å². The smallest absolute Gasteiger partial charge is 0.409 e. The minimum Gasteiger partial charge on any atom is -0.449 e. The van der Waals surface area contributed by atoms with Gasteiger partial charge in [-0.2, -0.15) is 0 Å². The van der Waals surface area contributed by atoms with Gasteiger partial charge in [-0.15, -0.1) is 0 Å². The SMILES string of the molecule is CCCCC/C=C\C/C=C/CCCCCCCOCC(CN(C)C(=O)OCCCN(C)C)OCCCCCCCC/C=C\CCCCCCCC. The molecule has 0 saturated carbocycles. The summed E-state index contributed by atoms with van der Waals surface area (Å²) in [6, 6.07) is 0. The van der Waals surface area contributed by atoms with Crippen LogP contribution in [0.15, 0.2) is 36.5 Å². The average molecular weight is 719 g/mol. The van der Waals surface area contributed by atoms with Crippen LogP contribution in [0.1, 0.15) is 181 Å². The largest absolute Gasteiger partial charge is 0.449 e. The molecule has 300 valence electrons. The molecule has 0 bridgehead atoms. The van der Waals surface area contributed by atoms with E-state index >= 15 is 0 Å². The van der Waals surface area contributed by atoms with Crippen LogP contribution in [0.25, 0.3) is 0 Å². The molecule has 0 heterocycles. The number of rotatable bonds is 39. The number of hydrogen-bond donors (Lipinski definition) is 0. The van der Waals surface area contributed by atoms with Gasteiger partial charge in [0.15, 0.2) is 0 Å². The van der Waals surface area contributed by atoms with Crippen molar-refractivity contribution in [1.29, 1.82) is 0 Å². The van der Waals surface area contributed by atoms with Gasteiger partial charge in [-0.05, 0) is 91.1 Å². The molecule has 0 aliphatic heterocycles. The second kappa shape index (κ2) is 41.1. The Morgan fingerprint density at radius 1 is 0.529 bits per heavy atom. The first kappa shape index (κ1) is 49.4. The van der Waals surface area contributed by atoms with Crippen LogP contribution in [0.2, 0.25) is 0 Å². The van der Waals surface area contributed by atoms with Crippen LogP contribution in [-0.4, -0.2) is 82.7 Å². The number of nitrogens with zero attached hydrogens (tertiary/aromatic N) is 2. The maximum Gasteiger partial charge on any atom is 0.409 e. The lowest BCUT2D eigenvalue weighted by Gasteiger charge is -2.24. The van der Waals surface area contributed by atoms with Gasteiger partial charge in [0.25, 0.3) is 0 Å². The zero-order valence-electron chi connectivity index (χ0n) is 34.7. The lowest BCUT2D eigenvalue weighted by atomic mass is 10.1. The van der Waals surface area contributed by atoms with E-state index in [-0.39, 0.29) is 12.2 Å². The van der Waals surface area contributed by atoms with Crippen LogP contribution in [0.5, 0.6) is 0 Å². The van der Waals surface area contributed by atoms with Gasteiger partial charge in [-0.3, -0.25) is 0 Å². The first-order valence-electron chi connectivity index (χ1n) is 21.7. The molecular weight excluding hydrogens is 633 g/mol. The molecule has 0 rings (SSSR count). The van der Waals surface area contributed by atoms with Gasteiger partial charge in [0, 0.05) is 26.8 Å². The van der Waals surface area contributed by atoms with E-state index < -0.39 is 0 Å². The average Bonchev–Trinajstić information content (AvgIpc) is 3.12. The minimum atomic E-state index is -0.284. The number of likely N-dealkylation sites (N-methyl/N-ethyl adjacent to an activating group) is 1. The van der Waals surface area contributed by atoms with Crippen LogP contribution in [0.3, 0.4) is 0 Å². The van der Waals surface area contributed by atoms with Crippen molar-refractivity contribution in [3.8, 4) is 0 Å². The highest BCUT2D eigenvalue weighted by molar-refractivity contribution is 5.67. The molecule has 0 aromatic heterocycles. The molecule has 0 aromatic rings. The van der Waals surface area contributed by atoms with Crippen molar-refractivity contribution < 1.29 is 19.0 Å². The van der Waals surface area contributed by atoms with Crippen molar-refractivity contribution in [2.75, 3.05) is 60.7 Å². The van der Waals surface area contributed by atoms with Gasteiger partial charge in [-0.1, -0.05) is 140 Å². The van der Waals surface area contributed by atoms with Gasteiger partial charge in [0.1, 0.15) is 0 Å². The van der Waals surface area contributed by atoms with Crippen molar-refractivity contribution in [3.05, 3.63) is 36.5 Å². The zero-order valence-corrected chi connectivity index (χ0v) is 34.7. The van der Waals surface area contributed by atoms with Gasteiger partial charge in [0.05, 0.1) is 25.9 Å². The molecular formula is C45H86N2O4. The fraction of sp³-hybridized carbons (Fsp3) is 0.844. The summed E-state index contributed by atoms with van der Waals surface area (Å²) in [5, 5.41) is 0. The van der Waals surface area contributed by atoms with Crippen molar-refractivity contribution in [2.24, 2.45) is 0 Å². The lowest BCUT2D eigenvalue weighted by Crippen LogP contribution is -2.38.